The van der Waals surface area contributed by atoms with Crippen LogP contribution >= 0.6 is 34.2 Å². The van der Waals surface area contributed by atoms with Crippen LogP contribution < -0.4 is 0 Å². The van der Waals surface area contributed by atoms with Gasteiger partial charge >= 0.3 is 0 Å². The second kappa shape index (κ2) is 7.29. The molecule has 3 atom stereocenters. The van der Waals surface area contributed by atoms with E-state index in [1.807, 2.05) is 10.8 Å². The van der Waals surface area contributed by atoms with Gasteiger partial charge in [0.15, 0.2) is 8.32 Å². The quantitative estimate of drug-likeness (QED) is 0.377. The third kappa shape index (κ3) is 3.81. The molecule has 6 nitrogen and oxygen atoms in total. The Bertz CT molecular complexity index is 808. The third-order valence-corrected chi connectivity index (χ3v) is 11.1. The monoisotopic (exact) mass is 509 g/mol. The minimum atomic E-state index is -1.89. The number of halogens is 2. The largest absolute Gasteiger partial charge is 0.414 e. The van der Waals surface area contributed by atoms with Crippen molar-refractivity contribution in [1.29, 1.82) is 0 Å². The first-order chi connectivity index (χ1) is 12.0. The molecule has 1 N–H and O–H groups in total. The number of aromatic nitrogens is 3. The topological polar surface area (TPSA) is 69.4 Å². The number of hydrogen-bond donors (Lipinski definition) is 1. The van der Waals surface area contributed by atoms with Gasteiger partial charge in [-0.25, -0.2) is 9.97 Å². The van der Waals surface area contributed by atoms with Crippen LogP contribution in [0.2, 0.25) is 23.3 Å². The highest BCUT2D eigenvalue weighted by Crippen LogP contribution is 2.39. The van der Waals surface area contributed by atoms with Gasteiger partial charge in [-0.2, -0.15) is 0 Å². The highest BCUT2D eigenvalue weighted by Gasteiger charge is 2.41. The first-order valence-corrected chi connectivity index (χ1v) is 13.0. The van der Waals surface area contributed by atoms with Gasteiger partial charge < -0.3 is 18.8 Å². The first kappa shape index (κ1) is 20.5. The van der Waals surface area contributed by atoms with E-state index in [1.165, 1.54) is 6.33 Å². The zero-order chi connectivity index (χ0) is 19.3. The molecule has 1 aliphatic rings. The van der Waals surface area contributed by atoms with Crippen LogP contribution in [0.5, 0.6) is 0 Å². The van der Waals surface area contributed by atoms with Crippen LogP contribution in [0, 0.1) is 3.57 Å². The van der Waals surface area contributed by atoms with Crippen molar-refractivity contribution in [2.45, 2.75) is 63.8 Å². The lowest BCUT2D eigenvalue weighted by molar-refractivity contribution is -0.0403. The molecule has 0 aromatic carbocycles. The number of nitrogens with zero attached hydrogens (tertiary/aromatic N) is 3. The van der Waals surface area contributed by atoms with Crippen LogP contribution in [0.15, 0.2) is 12.5 Å². The molecule has 26 heavy (non-hydrogen) atoms. The molecule has 3 heterocycles. The lowest BCUT2D eigenvalue weighted by Gasteiger charge is -2.37. The lowest BCUT2D eigenvalue weighted by atomic mass is 10.2. The summed E-state index contributed by atoms with van der Waals surface area (Å²) in [5, 5.41) is 11.9. The molecule has 1 unspecified atom stereocenters. The van der Waals surface area contributed by atoms with Gasteiger partial charge in [-0.3, -0.25) is 0 Å². The molecule has 0 saturated carbocycles. The van der Waals surface area contributed by atoms with Crippen molar-refractivity contribution in [3.05, 3.63) is 21.2 Å². The van der Waals surface area contributed by atoms with Gasteiger partial charge in [-0.15, -0.1) is 0 Å². The minimum Gasteiger partial charge on any atom is -0.414 e. The SMILES string of the molecule is CC(C)(C)[Si](C)(C)OC[C@H]1O[C@@H](n2cc(I)c3c(Cl)ncnc32)CC1O. The molecule has 0 radical (unpaired) electrons. The maximum Gasteiger partial charge on any atom is 0.192 e. The minimum absolute atomic E-state index is 0.121. The molecule has 0 bridgehead atoms. The third-order valence-electron chi connectivity index (χ3n) is 5.45. The Morgan fingerprint density at radius 3 is 2.77 bits per heavy atom. The van der Waals surface area contributed by atoms with E-state index >= 15 is 0 Å². The zero-order valence-corrected chi connectivity index (χ0v) is 19.6. The molecule has 1 saturated heterocycles. The van der Waals surface area contributed by atoms with Crippen LogP contribution in [0.4, 0.5) is 0 Å². The van der Waals surface area contributed by atoms with Crippen molar-refractivity contribution >= 4 is 53.5 Å². The number of aliphatic hydroxyl groups excluding tert-OH is 1. The number of hydrogen-bond acceptors (Lipinski definition) is 5. The van der Waals surface area contributed by atoms with E-state index in [-0.39, 0.29) is 17.4 Å². The zero-order valence-electron chi connectivity index (χ0n) is 15.7. The predicted molar refractivity (Wildman–Crippen MR) is 113 cm³/mol. The molecule has 1 aliphatic heterocycles. The summed E-state index contributed by atoms with van der Waals surface area (Å²) in [6.07, 6.45) is 2.67. The normalized spacial score (nSPS) is 24.5. The predicted octanol–water partition coefficient (Wildman–Crippen LogP) is 4.36. The second-order valence-electron chi connectivity index (χ2n) is 8.25. The van der Waals surface area contributed by atoms with Crippen molar-refractivity contribution < 1.29 is 14.3 Å². The van der Waals surface area contributed by atoms with Gasteiger partial charge in [0, 0.05) is 16.2 Å². The van der Waals surface area contributed by atoms with Gasteiger partial charge in [0.2, 0.25) is 0 Å². The van der Waals surface area contributed by atoms with E-state index in [1.54, 1.807) is 0 Å². The average molecular weight is 510 g/mol. The van der Waals surface area contributed by atoms with E-state index < -0.39 is 14.4 Å². The molecule has 0 amide bonds. The second-order valence-corrected chi connectivity index (χ2v) is 14.6. The van der Waals surface area contributed by atoms with Crippen LogP contribution in [0.25, 0.3) is 11.0 Å². The van der Waals surface area contributed by atoms with Crippen molar-refractivity contribution in [3.63, 3.8) is 0 Å². The molecule has 0 aliphatic carbocycles. The summed E-state index contributed by atoms with van der Waals surface area (Å²) < 4.78 is 15.3. The van der Waals surface area contributed by atoms with E-state index in [4.69, 9.17) is 20.8 Å². The van der Waals surface area contributed by atoms with Gasteiger partial charge in [-0.1, -0.05) is 32.4 Å². The highest BCUT2D eigenvalue weighted by atomic mass is 127. The summed E-state index contributed by atoms with van der Waals surface area (Å²) >= 11 is 8.42. The maximum atomic E-state index is 10.5. The van der Waals surface area contributed by atoms with Gasteiger partial charge in [-0.05, 0) is 40.7 Å². The number of aliphatic hydroxyl groups is 1. The summed E-state index contributed by atoms with van der Waals surface area (Å²) in [4.78, 5) is 8.40. The van der Waals surface area contributed by atoms with Crippen LogP contribution in [-0.2, 0) is 9.16 Å². The fourth-order valence-electron chi connectivity index (χ4n) is 2.77. The van der Waals surface area contributed by atoms with Gasteiger partial charge in [0.05, 0.1) is 18.1 Å². The molecule has 3 rings (SSSR count). The van der Waals surface area contributed by atoms with E-state index in [9.17, 15) is 5.11 Å². The summed E-state index contributed by atoms with van der Waals surface area (Å²) in [6.45, 7) is 11.4. The Hall–Kier alpha value is -0.263. The van der Waals surface area contributed by atoms with Crippen molar-refractivity contribution in [2.75, 3.05) is 6.61 Å². The van der Waals surface area contributed by atoms with Crippen molar-refractivity contribution in [1.82, 2.24) is 14.5 Å². The van der Waals surface area contributed by atoms with Crippen molar-refractivity contribution in [3.8, 4) is 0 Å². The summed E-state index contributed by atoms with van der Waals surface area (Å²) in [7, 11) is -1.89. The highest BCUT2D eigenvalue weighted by molar-refractivity contribution is 14.1. The molecule has 0 spiro atoms. The number of rotatable bonds is 4. The number of fused-ring (bicyclic) bond motifs is 1. The molecule has 2 aromatic rings. The van der Waals surface area contributed by atoms with Gasteiger partial charge in [0.25, 0.3) is 0 Å². The Labute approximate surface area is 173 Å². The lowest BCUT2D eigenvalue weighted by Crippen LogP contribution is -2.43. The van der Waals surface area contributed by atoms with Crippen LogP contribution in [-0.4, -0.2) is 46.8 Å². The Balaban J connectivity index is 1.77. The maximum absolute atomic E-state index is 10.5. The van der Waals surface area contributed by atoms with Crippen LogP contribution in [0.3, 0.4) is 0 Å². The number of ether oxygens (including phenoxy) is 1. The first-order valence-electron chi connectivity index (χ1n) is 8.65. The summed E-state index contributed by atoms with van der Waals surface area (Å²) in [5.41, 5.74) is 0.720. The summed E-state index contributed by atoms with van der Waals surface area (Å²) in [6, 6.07) is 0. The molecule has 9 heteroatoms. The molecule has 144 valence electrons. The average Bonchev–Trinajstić information content (AvgIpc) is 3.05. The van der Waals surface area contributed by atoms with E-state index in [0.29, 0.717) is 18.2 Å². The molecule has 2 aromatic heterocycles. The molecule has 1 fully saturated rings. The Morgan fingerprint density at radius 2 is 2.12 bits per heavy atom. The standard InChI is InChI=1S/C17H25ClIN3O3Si/c1-17(2,3)26(4,5)24-8-12-11(23)6-13(25-12)22-7-10(19)14-15(18)20-9-21-16(14)22/h7,9,11-13,23H,6,8H2,1-5H3/t11?,12-,13-/m1/s1. The molecular formula is C17H25ClIN3O3Si. The van der Waals surface area contributed by atoms with Gasteiger partial charge in [0.1, 0.15) is 29.5 Å². The Morgan fingerprint density at radius 1 is 1.42 bits per heavy atom. The van der Waals surface area contributed by atoms with Crippen molar-refractivity contribution in [2.24, 2.45) is 0 Å². The van der Waals surface area contributed by atoms with E-state index in [0.717, 1.165) is 14.6 Å². The van der Waals surface area contributed by atoms with E-state index in [2.05, 4.69) is 66.4 Å². The smallest absolute Gasteiger partial charge is 0.192 e. The fourth-order valence-corrected chi connectivity index (χ4v) is 4.97. The van der Waals surface area contributed by atoms with Crippen LogP contribution in [0.1, 0.15) is 33.4 Å². The summed E-state index contributed by atoms with van der Waals surface area (Å²) in [5.74, 6) is 0. The Kier molecular flexibility index (Phi) is 5.74. The molecular weight excluding hydrogens is 485 g/mol. The fraction of sp³-hybridized carbons (Fsp3) is 0.647.